The summed E-state index contributed by atoms with van der Waals surface area (Å²) < 4.78 is 9.65. The van der Waals surface area contributed by atoms with E-state index in [4.69, 9.17) is 21.3 Å². The van der Waals surface area contributed by atoms with Gasteiger partial charge >= 0.3 is 0 Å². The van der Waals surface area contributed by atoms with Gasteiger partial charge < -0.3 is 14.2 Å². The summed E-state index contributed by atoms with van der Waals surface area (Å²) in [5.74, 6) is 1.66. The standard InChI is InChI=1S/C29H24ClN5O2S.ClH/c1-33(2)29-32-23-14-21(10-13-25(23)34(29)16-18-4-11-22(37-3)12-5-18)35-17-31-24-15-26(38-27(24)28(35)36)19-6-8-20(30)9-7-19;/h4-15,17H,16H2,1-3H3;1H. The van der Waals surface area contributed by atoms with E-state index in [2.05, 4.69) is 21.7 Å². The Labute approximate surface area is 240 Å². The molecular weight excluding hydrogens is 553 g/mol. The van der Waals surface area contributed by atoms with E-state index in [9.17, 15) is 4.79 Å². The maximum absolute atomic E-state index is 13.5. The van der Waals surface area contributed by atoms with Crippen LogP contribution < -0.4 is 15.2 Å². The van der Waals surface area contributed by atoms with Gasteiger partial charge in [-0.1, -0.05) is 35.9 Å². The Morgan fingerprint density at radius 3 is 2.41 bits per heavy atom. The first-order valence-electron chi connectivity index (χ1n) is 12.0. The lowest BCUT2D eigenvalue weighted by molar-refractivity contribution is 0.414. The summed E-state index contributed by atoms with van der Waals surface area (Å²) in [6.45, 7) is 0.656. The second-order valence-corrected chi connectivity index (χ2v) is 10.7. The van der Waals surface area contributed by atoms with Gasteiger partial charge in [0.15, 0.2) is 0 Å². The quantitative estimate of drug-likeness (QED) is 0.221. The van der Waals surface area contributed by atoms with Crippen LogP contribution in [-0.2, 0) is 6.54 Å². The van der Waals surface area contributed by atoms with E-state index in [0.29, 0.717) is 21.8 Å². The van der Waals surface area contributed by atoms with E-state index in [1.54, 1.807) is 18.0 Å². The second-order valence-electron chi connectivity index (χ2n) is 9.17. The van der Waals surface area contributed by atoms with Gasteiger partial charge in [0.2, 0.25) is 5.95 Å². The number of benzene rings is 3. The van der Waals surface area contributed by atoms with E-state index in [-0.39, 0.29) is 18.0 Å². The lowest BCUT2D eigenvalue weighted by Gasteiger charge is -2.15. The third kappa shape index (κ3) is 4.98. The molecule has 3 aromatic carbocycles. The van der Waals surface area contributed by atoms with Crippen molar-refractivity contribution < 1.29 is 4.74 Å². The number of halogens is 2. The van der Waals surface area contributed by atoms with Crippen LogP contribution in [0.15, 0.2) is 83.9 Å². The Bertz CT molecular complexity index is 1840. The van der Waals surface area contributed by atoms with Gasteiger partial charge in [-0.15, -0.1) is 23.7 Å². The first-order chi connectivity index (χ1) is 18.4. The van der Waals surface area contributed by atoms with Crippen LogP contribution in [0.25, 0.3) is 37.4 Å². The minimum Gasteiger partial charge on any atom is -0.497 e. The summed E-state index contributed by atoms with van der Waals surface area (Å²) in [7, 11) is 5.61. The lowest BCUT2D eigenvalue weighted by atomic mass is 10.2. The Kier molecular flexibility index (Phi) is 7.36. The van der Waals surface area contributed by atoms with Crippen LogP contribution in [0.3, 0.4) is 0 Å². The molecule has 7 nitrogen and oxygen atoms in total. The molecule has 39 heavy (non-hydrogen) atoms. The smallest absolute Gasteiger partial charge is 0.275 e. The highest BCUT2D eigenvalue weighted by molar-refractivity contribution is 7.22. The number of nitrogens with zero attached hydrogens (tertiary/aromatic N) is 5. The van der Waals surface area contributed by atoms with Gasteiger partial charge in [0, 0.05) is 24.0 Å². The molecule has 0 unspecified atom stereocenters. The average molecular weight is 579 g/mol. The summed E-state index contributed by atoms with van der Waals surface area (Å²) >= 11 is 7.47. The van der Waals surface area contributed by atoms with Gasteiger partial charge in [0.1, 0.15) is 16.8 Å². The fraction of sp³-hybridized carbons (Fsp3) is 0.138. The third-order valence-electron chi connectivity index (χ3n) is 6.46. The molecule has 0 atom stereocenters. The number of rotatable bonds is 6. The van der Waals surface area contributed by atoms with E-state index in [1.807, 2.05) is 79.7 Å². The van der Waals surface area contributed by atoms with Gasteiger partial charge in [-0.3, -0.25) is 9.36 Å². The second kappa shape index (κ2) is 10.7. The summed E-state index contributed by atoms with van der Waals surface area (Å²) in [4.78, 5) is 26.0. The third-order valence-corrected chi connectivity index (χ3v) is 7.87. The highest BCUT2D eigenvalue weighted by Gasteiger charge is 2.16. The number of hydrogen-bond donors (Lipinski definition) is 0. The molecule has 0 radical (unpaired) electrons. The van der Waals surface area contributed by atoms with E-state index in [0.717, 1.165) is 44.4 Å². The number of hydrogen-bond acceptors (Lipinski definition) is 6. The SMILES string of the molecule is COc1ccc(Cn2c(N(C)C)nc3cc(-n4cnc5cc(-c6ccc(Cl)cc6)sc5c4=O)ccc32)cc1.Cl. The molecule has 0 saturated carbocycles. The summed E-state index contributed by atoms with van der Waals surface area (Å²) in [5.41, 5.74) is 5.22. The molecule has 6 rings (SSSR count). The molecule has 0 fully saturated rings. The van der Waals surface area contributed by atoms with Crippen molar-refractivity contribution >= 4 is 62.5 Å². The number of fused-ring (bicyclic) bond motifs is 2. The molecule has 0 amide bonds. The van der Waals surface area contributed by atoms with Crippen LogP contribution >= 0.6 is 35.3 Å². The predicted molar refractivity (Wildman–Crippen MR) is 163 cm³/mol. The summed E-state index contributed by atoms with van der Waals surface area (Å²) in [6.07, 6.45) is 1.59. The zero-order valence-corrected chi connectivity index (χ0v) is 23.8. The van der Waals surface area contributed by atoms with Crippen LogP contribution in [-0.4, -0.2) is 40.3 Å². The Morgan fingerprint density at radius 1 is 0.974 bits per heavy atom. The van der Waals surface area contributed by atoms with Gasteiger partial charge in [-0.05, 0) is 59.7 Å². The molecule has 0 spiro atoms. The average Bonchev–Trinajstić information content (AvgIpc) is 3.52. The largest absolute Gasteiger partial charge is 0.497 e. The van der Waals surface area contributed by atoms with Crippen molar-refractivity contribution in [2.45, 2.75) is 6.54 Å². The molecule has 0 saturated heterocycles. The monoisotopic (exact) mass is 577 g/mol. The van der Waals surface area contributed by atoms with Crippen LogP contribution in [0.5, 0.6) is 5.75 Å². The minimum atomic E-state index is -0.106. The van der Waals surface area contributed by atoms with Crippen molar-refractivity contribution in [3.05, 3.63) is 100 Å². The molecule has 0 bridgehead atoms. The fourth-order valence-electron chi connectivity index (χ4n) is 4.52. The van der Waals surface area contributed by atoms with Gasteiger partial charge in [0.05, 0.1) is 35.9 Å². The van der Waals surface area contributed by atoms with Crippen LogP contribution in [0.2, 0.25) is 5.02 Å². The topological polar surface area (TPSA) is 65.2 Å². The molecule has 3 heterocycles. The molecular formula is C29H25Cl2N5O2S. The van der Waals surface area contributed by atoms with Gasteiger partial charge in [-0.25, -0.2) is 9.97 Å². The van der Waals surface area contributed by atoms with E-state index < -0.39 is 0 Å². The molecule has 0 aliphatic rings. The number of thiophene rings is 1. The zero-order valence-electron chi connectivity index (χ0n) is 21.5. The normalized spacial score (nSPS) is 11.1. The highest BCUT2D eigenvalue weighted by Crippen LogP contribution is 2.32. The number of methoxy groups -OCH3 is 1. The number of aromatic nitrogens is 4. The van der Waals surface area contributed by atoms with Gasteiger partial charge in [-0.2, -0.15) is 0 Å². The molecule has 0 aliphatic heterocycles. The molecule has 198 valence electrons. The molecule has 3 aromatic heterocycles. The van der Waals surface area contributed by atoms with Crippen LogP contribution in [0.4, 0.5) is 5.95 Å². The number of anilines is 1. The molecule has 10 heteroatoms. The minimum absolute atomic E-state index is 0. The highest BCUT2D eigenvalue weighted by atomic mass is 35.5. The summed E-state index contributed by atoms with van der Waals surface area (Å²) in [5, 5.41) is 0.676. The molecule has 0 N–H and O–H groups in total. The summed E-state index contributed by atoms with van der Waals surface area (Å²) in [6, 6.07) is 23.5. The number of imidazole rings is 1. The van der Waals surface area contributed by atoms with Crippen LogP contribution in [0, 0.1) is 0 Å². The predicted octanol–water partition coefficient (Wildman–Crippen LogP) is 6.66. The Balaban J connectivity index is 0.00000308. The van der Waals surface area contributed by atoms with E-state index in [1.165, 1.54) is 11.3 Å². The lowest BCUT2D eigenvalue weighted by Crippen LogP contribution is -2.17. The number of ether oxygens (including phenoxy) is 1. The van der Waals surface area contributed by atoms with Crippen molar-refractivity contribution in [3.63, 3.8) is 0 Å². The molecule has 6 aromatic rings. The first kappa shape index (κ1) is 26.7. The fourth-order valence-corrected chi connectivity index (χ4v) is 5.69. The zero-order chi connectivity index (χ0) is 26.4. The van der Waals surface area contributed by atoms with Crippen molar-refractivity contribution in [1.82, 2.24) is 19.1 Å². The van der Waals surface area contributed by atoms with Crippen molar-refractivity contribution in [1.29, 1.82) is 0 Å². The molecule has 0 aliphatic carbocycles. The first-order valence-corrected chi connectivity index (χ1v) is 13.2. The van der Waals surface area contributed by atoms with Crippen molar-refractivity contribution in [3.8, 4) is 21.9 Å². The van der Waals surface area contributed by atoms with E-state index >= 15 is 0 Å². The van der Waals surface area contributed by atoms with Gasteiger partial charge in [0.25, 0.3) is 5.56 Å². The van der Waals surface area contributed by atoms with Crippen LogP contribution in [0.1, 0.15) is 5.56 Å². The Morgan fingerprint density at radius 2 is 1.72 bits per heavy atom. The van der Waals surface area contributed by atoms with Crippen molar-refractivity contribution in [2.24, 2.45) is 0 Å². The Hall–Kier alpha value is -3.85. The van der Waals surface area contributed by atoms with Crippen molar-refractivity contribution in [2.75, 3.05) is 26.1 Å². The maximum atomic E-state index is 13.5. The maximum Gasteiger partial charge on any atom is 0.275 e.